The molecule has 7 rings (SSSR count). The number of piperidine rings is 1. The van der Waals surface area contributed by atoms with Crippen LogP contribution in [0, 0.1) is 13.8 Å². The Hall–Kier alpha value is -6.07. The van der Waals surface area contributed by atoms with Crippen LogP contribution in [-0.2, 0) is 19.2 Å². The average molecular weight is 813 g/mol. The molecule has 1 unspecified atom stereocenters. The molecular formula is C39H37ClN8O8S. The molecule has 18 heteroatoms. The number of nitrogens with one attached hydrogen (secondary N) is 3. The molecule has 5 heterocycles. The van der Waals surface area contributed by atoms with E-state index < -0.39 is 48.2 Å². The minimum Gasteiger partial charge on any atom is -0.483 e. The molecule has 0 aliphatic carbocycles. The summed E-state index contributed by atoms with van der Waals surface area (Å²) in [5.74, 6) is -2.31. The van der Waals surface area contributed by atoms with Crippen LogP contribution in [0.15, 0.2) is 47.5 Å². The maximum atomic E-state index is 13.9. The largest absolute Gasteiger partial charge is 0.483 e. The number of carbonyl (C=O) groups excluding carboxylic acids is 7. The Morgan fingerprint density at radius 2 is 1.70 bits per heavy atom. The zero-order valence-electron chi connectivity index (χ0n) is 31.1. The van der Waals surface area contributed by atoms with Crippen LogP contribution in [0.3, 0.4) is 0 Å². The van der Waals surface area contributed by atoms with Crippen molar-refractivity contribution in [1.82, 2.24) is 35.6 Å². The first-order chi connectivity index (χ1) is 27.3. The number of aliphatic imine (C=N–C) groups is 1. The lowest BCUT2D eigenvalue weighted by Gasteiger charge is -2.27. The molecule has 2 aromatic carbocycles. The van der Waals surface area contributed by atoms with Gasteiger partial charge in [-0.15, -0.1) is 21.5 Å². The van der Waals surface area contributed by atoms with Crippen molar-refractivity contribution in [3.63, 3.8) is 0 Å². The van der Waals surface area contributed by atoms with E-state index in [2.05, 4.69) is 26.1 Å². The third-order valence-corrected chi connectivity index (χ3v) is 11.1. The number of ketones is 1. The van der Waals surface area contributed by atoms with Crippen molar-refractivity contribution in [1.29, 1.82) is 0 Å². The summed E-state index contributed by atoms with van der Waals surface area (Å²) in [5.41, 5.74) is 2.32. The third-order valence-electron chi connectivity index (χ3n) is 9.76. The minimum absolute atomic E-state index is 0.00705. The molecule has 57 heavy (non-hydrogen) atoms. The lowest BCUT2D eigenvalue weighted by molar-refractivity contribution is -0.136. The summed E-state index contributed by atoms with van der Waals surface area (Å²) in [5, 5.41) is 17.9. The Balaban J connectivity index is 0.964. The number of benzene rings is 2. The molecule has 294 valence electrons. The van der Waals surface area contributed by atoms with Crippen molar-refractivity contribution in [2.24, 2.45) is 4.99 Å². The van der Waals surface area contributed by atoms with Crippen LogP contribution in [0.25, 0.3) is 5.00 Å². The summed E-state index contributed by atoms with van der Waals surface area (Å²) in [6.45, 7) is 5.32. The number of hydrogen-bond donors (Lipinski definition) is 3. The Morgan fingerprint density at radius 1 is 0.965 bits per heavy atom. The number of aromatic nitrogens is 3. The van der Waals surface area contributed by atoms with Crippen molar-refractivity contribution in [2.75, 3.05) is 19.7 Å². The number of unbranched alkanes of at least 4 members (excludes halogenated alkanes) is 1. The number of aryl methyl sites for hydroxylation is 2. The quantitative estimate of drug-likeness (QED) is 0.132. The fraction of sp³-hybridized carbons (Fsp3) is 0.333. The van der Waals surface area contributed by atoms with Gasteiger partial charge in [0.2, 0.25) is 11.8 Å². The standard InChI is InChI=1S/C39H37ClN8O8S/c1-19(49)17-25-34-46-45-21(3)47(34)39-32(33(43-25)22-9-11-23(40)12-10-22)30(20(2)57-39)36(53)42-16-5-4-15-41-29(51)18-56-27-8-6-7-24-31(27)38(55)48(37(24)54)26-13-14-28(50)44-35(26)52/h6-12,25-26H,4-5,13-18H2,1-3H3,(H,41,51)(H,42,53)(H,44,50,52)/t25-,26?/m0/s1. The smallest absolute Gasteiger partial charge is 0.266 e. The van der Waals surface area contributed by atoms with Gasteiger partial charge in [-0.3, -0.25) is 53.3 Å². The number of thiophene rings is 1. The van der Waals surface area contributed by atoms with Crippen molar-refractivity contribution < 1.29 is 38.3 Å². The summed E-state index contributed by atoms with van der Waals surface area (Å²) in [4.78, 5) is 96.0. The highest BCUT2D eigenvalue weighted by Crippen LogP contribution is 2.40. The summed E-state index contributed by atoms with van der Waals surface area (Å²) < 4.78 is 7.53. The molecule has 3 aliphatic heterocycles. The van der Waals surface area contributed by atoms with E-state index in [1.807, 2.05) is 30.5 Å². The predicted molar refractivity (Wildman–Crippen MR) is 207 cm³/mol. The van der Waals surface area contributed by atoms with E-state index in [1.165, 1.54) is 36.5 Å². The van der Waals surface area contributed by atoms with Crippen LogP contribution in [0.2, 0.25) is 5.02 Å². The second kappa shape index (κ2) is 16.2. The summed E-state index contributed by atoms with van der Waals surface area (Å²) in [6, 6.07) is 9.81. The SMILES string of the molecule is CC(=O)C[C@@H]1N=C(c2ccc(Cl)cc2)c2c(sc(C)c2C(=O)NCCCCNC(=O)COc2cccc3c2C(=O)N(C2CCC(=O)NC2=O)C3=O)-n2c(C)nnc21. The van der Waals surface area contributed by atoms with E-state index in [1.54, 1.807) is 12.1 Å². The number of Topliss-reactive ketones (excluding diaryl/α,β-unsaturated/α-hetero) is 1. The minimum atomic E-state index is -1.13. The monoisotopic (exact) mass is 812 g/mol. The van der Waals surface area contributed by atoms with Crippen LogP contribution < -0.4 is 20.7 Å². The van der Waals surface area contributed by atoms with Gasteiger partial charge in [-0.25, -0.2) is 0 Å². The zero-order valence-corrected chi connectivity index (χ0v) is 32.7. The second-order valence-electron chi connectivity index (χ2n) is 13.8. The zero-order chi connectivity index (χ0) is 40.5. The van der Waals surface area contributed by atoms with E-state index in [0.717, 1.165) is 20.3 Å². The normalized spacial score (nSPS) is 17.3. The Morgan fingerprint density at radius 3 is 2.42 bits per heavy atom. The van der Waals surface area contributed by atoms with Gasteiger partial charge in [-0.05, 0) is 64.3 Å². The molecule has 0 bridgehead atoms. The number of carbonyl (C=O) groups is 7. The van der Waals surface area contributed by atoms with Crippen molar-refractivity contribution in [2.45, 2.75) is 65.0 Å². The lowest BCUT2D eigenvalue weighted by Crippen LogP contribution is -2.54. The van der Waals surface area contributed by atoms with E-state index >= 15 is 0 Å². The van der Waals surface area contributed by atoms with E-state index in [4.69, 9.17) is 21.3 Å². The molecule has 3 N–H and O–H groups in total. The van der Waals surface area contributed by atoms with Crippen LogP contribution in [0.5, 0.6) is 5.75 Å². The molecule has 16 nitrogen and oxygen atoms in total. The van der Waals surface area contributed by atoms with Gasteiger partial charge in [0.1, 0.15) is 34.4 Å². The highest BCUT2D eigenvalue weighted by Gasteiger charge is 2.46. The fourth-order valence-electron chi connectivity index (χ4n) is 7.11. The second-order valence-corrected chi connectivity index (χ2v) is 15.4. The number of nitrogens with zero attached hydrogens (tertiary/aromatic N) is 5. The van der Waals surface area contributed by atoms with Crippen molar-refractivity contribution >= 4 is 69.9 Å². The molecule has 3 aliphatic rings. The Kier molecular flexibility index (Phi) is 11.1. The topological polar surface area (TPSA) is 211 Å². The highest BCUT2D eigenvalue weighted by atomic mass is 35.5. The summed E-state index contributed by atoms with van der Waals surface area (Å²) in [6.07, 6.45) is 1.17. The first kappa shape index (κ1) is 39.2. The molecular weight excluding hydrogens is 776 g/mol. The van der Waals surface area contributed by atoms with Gasteiger partial charge in [0, 0.05) is 47.0 Å². The number of hydrogen-bond acceptors (Lipinski definition) is 12. The van der Waals surface area contributed by atoms with Gasteiger partial charge in [0.15, 0.2) is 12.4 Å². The number of ether oxygens (including phenoxy) is 1. The number of fused-ring (bicyclic) bond motifs is 4. The third kappa shape index (κ3) is 7.72. The van der Waals surface area contributed by atoms with Crippen LogP contribution in [0.4, 0.5) is 0 Å². The Labute approximate surface area is 335 Å². The molecule has 1 fully saturated rings. The molecule has 0 radical (unpaired) electrons. The molecule has 2 aromatic heterocycles. The molecule has 4 aromatic rings. The maximum Gasteiger partial charge on any atom is 0.266 e. The number of halogens is 1. The van der Waals surface area contributed by atoms with Crippen LogP contribution in [-0.4, -0.2) is 92.3 Å². The van der Waals surface area contributed by atoms with Gasteiger partial charge in [-0.2, -0.15) is 0 Å². The molecule has 0 saturated carbocycles. The highest BCUT2D eigenvalue weighted by molar-refractivity contribution is 7.15. The number of rotatable bonds is 13. The molecule has 6 amide bonds. The van der Waals surface area contributed by atoms with E-state index in [0.29, 0.717) is 52.9 Å². The van der Waals surface area contributed by atoms with E-state index in [9.17, 15) is 33.6 Å². The summed E-state index contributed by atoms with van der Waals surface area (Å²) >= 11 is 7.63. The average Bonchev–Trinajstić information content (AvgIpc) is 3.77. The lowest BCUT2D eigenvalue weighted by atomic mass is 9.98. The molecule has 0 spiro atoms. The van der Waals surface area contributed by atoms with Crippen molar-refractivity contribution in [3.8, 4) is 10.8 Å². The van der Waals surface area contributed by atoms with Crippen LogP contribution >= 0.6 is 22.9 Å². The maximum absolute atomic E-state index is 13.9. The van der Waals surface area contributed by atoms with Gasteiger partial charge < -0.3 is 15.4 Å². The van der Waals surface area contributed by atoms with Gasteiger partial charge in [0.25, 0.3) is 23.6 Å². The fourth-order valence-corrected chi connectivity index (χ4v) is 8.44. The molecule has 2 atom stereocenters. The predicted octanol–water partition coefficient (Wildman–Crippen LogP) is 3.58. The van der Waals surface area contributed by atoms with Gasteiger partial charge in [0.05, 0.1) is 22.4 Å². The van der Waals surface area contributed by atoms with E-state index in [-0.39, 0.29) is 54.4 Å². The first-order valence-corrected chi connectivity index (χ1v) is 19.4. The summed E-state index contributed by atoms with van der Waals surface area (Å²) in [7, 11) is 0. The van der Waals surface area contributed by atoms with Gasteiger partial charge in [-0.1, -0.05) is 29.8 Å². The Bertz CT molecular complexity index is 2390. The van der Waals surface area contributed by atoms with Crippen LogP contribution in [0.1, 0.15) is 104 Å². The molecule has 1 saturated heterocycles. The first-order valence-electron chi connectivity index (χ1n) is 18.3. The van der Waals surface area contributed by atoms with Gasteiger partial charge >= 0.3 is 0 Å². The number of imide groups is 2. The number of amides is 6. The van der Waals surface area contributed by atoms with Crippen molar-refractivity contribution in [3.05, 3.63) is 91.8 Å².